The maximum Gasteiger partial charge on any atom is 0.407 e. The molecule has 4 nitrogen and oxygen atoms in total. The number of piperidine rings is 1. The fraction of sp³-hybridized carbons (Fsp3) is 0.417. The molecule has 0 saturated carbocycles. The number of hydrogen-bond donors (Lipinski definition) is 1. The number of rotatable bonds is 2. The van der Waals surface area contributed by atoms with E-state index in [0.717, 1.165) is 0 Å². The smallest absolute Gasteiger partial charge is 0.407 e. The fourth-order valence-corrected chi connectivity index (χ4v) is 1.89. The number of benzene rings is 1. The van der Waals surface area contributed by atoms with Gasteiger partial charge in [0.25, 0.3) is 0 Å². The summed E-state index contributed by atoms with van der Waals surface area (Å²) in [5, 5.41) is 8.70. The molecule has 1 heterocycles. The number of nitrogens with zero attached hydrogens (tertiary/aromatic N) is 1. The lowest BCUT2D eigenvalue weighted by molar-refractivity contribution is -0.133. The molecule has 98 valence electrons. The van der Waals surface area contributed by atoms with Crippen LogP contribution in [0.2, 0.25) is 0 Å². The van der Waals surface area contributed by atoms with Gasteiger partial charge in [0, 0.05) is 13.0 Å². The second-order valence-electron chi connectivity index (χ2n) is 4.17. The zero-order valence-corrected chi connectivity index (χ0v) is 9.55. The summed E-state index contributed by atoms with van der Waals surface area (Å²) in [6, 6.07) is 8.34. The zero-order valence-electron chi connectivity index (χ0n) is 9.55. The molecular formula is C12H13F2NO3. The summed E-state index contributed by atoms with van der Waals surface area (Å²) in [6.07, 6.45) is -2.63. The molecule has 1 atom stereocenters. The summed E-state index contributed by atoms with van der Waals surface area (Å²) >= 11 is 0. The van der Waals surface area contributed by atoms with E-state index in [1.54, 1.807) is 30.3 Å². The molecule has 0 aromatic heterocycles. The Kier molecular flexibility index (Phi) is 3.36. The van der Waals surface area contributed by atoms with Crippen molar-refractivity contribution in [2.24, 2.45) is 0 Å². The van der Waals surface area contributed by atoms with Crippen molar-refractivity contribution < 1.29 is 23.4 Å². The lowest BCUT2D eigenvalue weighted by Gasteiger charge is -2.36. The van der Waals surface area contributed by atoms with Gasteiger partial charge < -0.3 is 14.7 Å². The largest absolute Gasteiger partial charge is 0.484 e. The first-order chi connectivity index (χ1) is 8.49. The van der Waals surface area contributed by atoms with Gasteiger partial charge in [-0.1, -0.05) is 18.2 Å². The standard InChI is InChI=1S/C12H13F2NO3/c13-12(14)8-15(11(16)17)7-6-10(12)18-9-4-2-1-3-5-9/h1-5,10H,6-8H2,(H,16,17). The first-order valence-electron chi connectivity index (χ1n) is 5.56. The van der Waals surface area contributed by atoms with E-state index in [9.17, 15) is 13.6 Å². The Labute approximate surface area is 103 Å². The minimum atomic E-state index is -3.17. The number of para-hydroxylation sites is 1. The van der Waals surface area contributed by atoms with Crippen molar-refractivity contribution in [3.05, 3.63) is 30.3 Å². The number of amides is 1. The molecule has 6 heteroatoms. The lowest BCUT2D eigenvalue weighted by Crippen LogP contribution is -2.55. The van der Waals surface area contributed by atoms with Crippen molar-refractivity contribution in [3.8, 4) is 5.75 Å². The van der Waals surface area contributed by atoms with E-state index < -0.39 is 24.7 Å². The van der Waals surface area contributed by atoms with Gasteiger partial charge in [-0.05, 0) is 12.1 Å². The Hall–Kier alpha value is -1.85. The molecule has 1 aromatic carbocycles. The van der Waals surface area contributed by atoms with Crippen molar-refractivity contribution in [3.63, 3.8) is 0 Å². The SMILES string of the molecule is O=C(O)N1CCC(Oc2ccccc2)C(F)(F)C1. The normalized spacial score (nSPS) is 22.6. The number of carboxylic acid groups (broad SMARTS) is 1. The molecule has 1 saturated heterocycles. The third kappa shape index (κ3) is 2.69. The van der Waals surface area contributed by atoms with E-state index in [1.807, 2.05) is 0 Å². The number of alkyl halides is 2. The number of likely N-dealkylation sites (tertiary alicyclic amines) is 1. The van der Waals surface area contributed by atoms with Gasteiger partial charge in [-0.25, -0.2) is 13.6 Å². The third-order valence-electron chi connectivity index (χ3n) is 2.83. The minimum absolute atomic E-state index is 0.0196. The highest BCUT2D eigenvalue weighted by atomic mass is 19.3. The Morgan fingerprint density at radius 1 is 1.39 bits per heavy atom. The molecule has 1 unspecified atom stereocenters. The van der Waals surface area contributed by atoms with Crippen molar-refractivity contribution in [2.75, 3.05) is 13.1 Å². The molecule has 1 fully saturated rings. The lowest BCUT2D eigenvalue weighted by atomic mass is 10.0. The Morgan fingerprint density at radius 3 is 2.61 bits per heavy atom. The van der Waals surface area contributed by atoms with Crippen LogP contribution in [0.15, 0.2) is 30.3 Å². The van der Waals surface area contributed by atoms with E-state index >= 15 is 0 Å². The van der Waals surface area contributed by atoms with Crippen LogP contribution in [0.1, 0.15) is 6.42 Å². The molecule has 1 N–H and O–H groups in total. The molecule has 18 heavy (non-hydrogen) atoms. The monoisotopic (exact) mass is 257 g/mol. The Balaban J connectivity index is 2.05. The molecule has 1 amide bonds. The highest BCUT2D eigenvalue weighted by Gasteiger charge is 2.47. The third-order valence-corrected chi connectivity index (χ3v) is 2.83. The number of halogens is 2. The number of carbonyl (C=O) groups is 1. The van der Waals surface area contributed by atoms with Crippen LogP contribution in [-0.2, 0) is 0 Å². The summed E-state index contributed by atoms with van der Waals surface area (Å²) in [4.78, 5) is 11.4. The van der Waals surface area contributed by atoms with E-state index in [0.29, 0.717) is 10.6 Å². The molecule has 1 aromatic rings. The number of ether oxygens (including phenoxy) is 1. The summed E-state index contributed by atoms with van der Waals surface area (Å²) < 4.78 is 32.7. The van der Waals surface area contributed by atoms with Crippen LogP contribution in [0.4, 0.5) is 13.6 Å². The first-order valence-corrected chi connectivity index (χ1v) is 5.56. The predicted molar refractivity (Wildman–Crippen MR) is 60.0 cm³/mol. The maximum atomic E-state index is 13.7. The first kappa shape index (κ1) is 12.6. The summed E-state index contributed by atoms with van der Waals surface area (Å²) in [5.74, 6) is -2.81. The Bertz CT molecular complexity index is 425. The second-order valence-corrected chi connectivity index (χ2v) is 4.17. The van der Waals surface area contributed by atoms with Crippen LogP contribution < -0.4 is 4.74 Å². The van der Waals surface area contributed by atoms with E-state index in [2.05, 4.69) is 0 Å². The molecule has 0 bridgehead atoms. The topological polar surface area (TPSA) is 49.8 Å². The van der Waals surface area contributed by atoms with Gasteiger partial charge in [0.15, 0.2) is 6.10 Å². The summed E-state index contributed by atoms with van der Waals surface area (Å²) in [6.45, 7) is -0.762. The fourth-order valence-electron chi connectivity index (χ4n) is 1.89. The van der Waals surface area contributed by atoms with Crippen LogP contribution >= 0.6 is 0 Å². The average Bonchev–Trinajstić information content (AvgIpc) is 2.32. The van der Waals surface area contributed by atoms with Crippen molar-refractivity contribution in [1.29, 1.82) is 0 Å². The van der Waals surface area contributed by atoms with E-state index in [4.69, 9.17) is 9.84 Å². The highest BCUT2D eigenvalue weighted by molar-refractivity contribution is 5.65. The van der Waals surface area contributed by atoms with Gasteiger partial charge in [-0.15, -0.1) is 0 Å². The predicted octanol–water partition coefficient (Wildman–Crippen LogP) is 2.45. The van der Waals surface area contributed by atoms with Crippen LogP contribution in [0.5, 0.6) is 5.75 Å². The van der Waals surface area contributed by atoms with Crippen molar-refractivity contribution in [1.82, 2.24) is 4.90 Å². The molecule has 2 rings (SSSR count). The van der Waals surface area contributed by atoms with Gasteiger partial charge in [0.05, 0.1) is 6.54 Å². The molecule has 0 radical (unpaired) electrons. The van der Waals surface area contributed by atoms with Crippen molar-refractivity contribution >= 4 is 6.09 Å². The summed E-state index contributed by atoms with van der Waals surface area (Å²) in [5.41, 5.74) is 0. The Morgan fingerprint density at radius 2 is 2.06 bits per heavy atom. The van der Waals surface area contributed by atoms with Crippen LogP contribution in [-0.4, -0.2) is 41.2 Å². The number of hydrogen-bond acceptors (Lipinski definition) is 2. The minimum Gasteiger partial charge on any atom is -0.484 e. The molecule has 0 aliphatic carbocycles. The van der Waals surface area contributed by atoms with Gasteiger partial charge in [-0.2, -0.15) is 0 Å². The average molecular weight is 257 g/mol. The van der Waals surface area contributed by atoms with Crippen LogP contribution in [0.3, 0.4) is 0 Å². The zero-order chi connectivity index (χ0) is 13.2. The van der Waals surface area contributed by atoms with E-state index in [-0.39, 0.29) is 13.0 Å². The highest BCUT2D eigenvalue weighted by Crippen LogP contribution is 2.30. The van der Waals surface area contributed by atoms with E-state index in [1.165, 1.54) is 0 Å². The maximum absolute atomic E-state index is 13.7. The van der Waals surface area contributed by atoms with Gasteiger partial charge in [-0.3, -0.25) is 0 Å². The van der Waals surface area contributed by atoms with Gasteiger partial charge in [0.1, 0.15) is 5.75 Å². The van der Waals surface area contributed by atoms with Crippen LogP contribution in [0.25, 0.3) is 0 Å². The molecule has 1 aliphatic heterocycles. The van der Waals surface area contributed by atoms with Crippen LogP contribution in [0, 0.1) is 0 Å². The second kappa shape index (κ2) is 4.80. The molecule has 0 spiro atoms. The van der Waals surface area contributed by atoms with Gasteiger partial charge in [0.2, 0.25) is 0 Å². The molecule has 1 aliphatic rings. The summed E-state index contributed by atoms with van der Waals surface area (Å²) in [7, 11) is 0. The van der Waals surface area contributed by atoms with Gasteiger partial charge >= 0.3 is 12.0 Å². The van der Waals surface area contributed by atoms with Crippen molar-refractivity contribution in [2.45, 2.75) is 18.4 Å². The molecular weight excluding hydrogens is 244 g/mol. The quantitative estimate of drug-likeness (QED) is 0.885.